The van der Waals surface area contributed by atoms with Crippen molar-refractivity contribution in [2.45, 2.75) is 135 Å². The van der Waals surface area contributed by atoms with Gasteiger partial charge in [-0.3, -0.25) is 0 Å². The van der Waals surface area contributed by atoms with E-state index in [1.54, 1.807) is 0 Å². The van der Waals surface area contributed by atoms with Gasteiger partial charge in [0.2, 0.25) is 0 Å². The average molecular weight is 497 g/mol. The predicted octanol–water partition coefficient (Wildman–Crippen LogP) is 11.8. The number of hydrogen-bond donors (Lipinski definition) is 0. The van der Waals surface area contributed by atoms with Crippen molar-refractivity contribution < 1.29 is 0 Å². The molecule has 1 heteroatoms. The van der Waals surface area contributed by atoms with Gasteiger partial charge in [-0.2, -0.15) is 0 Å². The summed E-state index contributed by atoms with van der Waals surface area (Å²) < 4.78 is 0. The highest BCUT2D eigenvalue weighted by molar-refractivity contribution is 6.26. The predicted molar refractivity (Wildman–Crippen MR) is 157 cm³/mol. The third-order valence-corrected chi connectivity index (χ3v) is 8.75. The number of halogens is 1. The summed E-state index contributed by atoms with van der Waals surface area (Å²) in [6.45, 7) is 7.07. The third kappa shape index (κ3) is 10.3. The molecule has 0 heterocycles. The first-order valence-corrected chi connectivity index (χ1v) is 15.3. The molecule has 0 amide bonds. The molecule has 0 bridgehead atoms. The monoisotopic (exact) mass is 496 g/mol. The van der Waals surface area contributed by atoms with Crippen molar-refractivity contribution in [2.24, 2.45) is 5.41 Å². The van der Waals surface area contributed by atoms with Crippen LogP contribution in [-0.4, -0.2) is 0 Å². The van der Waals surface area contributed by atoms with E-state index in [-0.39, 0.29) is 0 Å². The molecule has 0 fully saturated rings. The molecule has 0 aliphatic carbocycles. The Morgan fingerprint density at radius 2 is 0.800 bits per heavy atom. The highest BCUT2D eigenvalue weighted by Crippen LogP contribution is 2.42. The second-order valence-corrected chi connectivity index (χ2v) is 11.6. The fourth-order valence-corrected chi connectivity index (χ4v) is 6.23. The molecule has 0 aliphatic rings. The zero-order valence-electron chi connectivity index (χ0n) is 23.2. The molecular weight excluding hydrogens is 444 g/mol. The van der Waals surface area contributed by atoms with Crippen LogP contribution >= 0.6 is 11.6 Å². The van der Waals surface area contributed by atoms with Crippen LogP contribution in [0.5, 0.6) is 0 Å². The number of benzene rings is 2. The highest BCUT2D eigenvalue weighted by Gasteiger charge is 2.31. The van der Waals surface area contributed by atoms with Gasteiger partial charge in [0.25, 0.3) is 0 Å². The number of hydrogen-bond acceptors (Lipinski definition) is 0. The van der Waals surface area contributed by atoms with Crippen molar-refractivity contribution >= 4 is 11.6 Å². The van der Waals surface area contributed by atoms with E-state index in [4.69, 9.17) is 11.6 Å². The summed E-state index contributed by atoms with van der Waals surface area (Å²) in [5.41, 5.74) is 3.07. The Morgan fingerprint density at radius 3 is 1.20 bits per heavy atom. The second kappa shape index (κ2) is 17.2. The Morgan fingerprint density at radius 1 is 0.457 bits per heavy atom. The second-order valence-electron chi connectivity index (χ2n) is 11.0. The lowest BCUT2D eigenvalue weighted by Gasteiger charge is -2.35. The lowest BCUT2D eigenvalue weighted by Crippen LogP contribution is -2.21. The van der Waals surface area contributed by atoms with E-state index in [2.05, 4.69) is 81.4 Å². The Balaban J connectivity index is 1.80. The maximum atomic E-state index is 7.33. The smallest absolute Gasteiger partial charge is 0.0944 e. The topological polar surface area (TPSA) is 0 Å². The summed E-state index contributed by atoms with van der Waals surface area (Å²) in [7, 11) is 0. The number of unbranched alkanes of at least 4 members (excludes halogenated alkanes) is 8. The zero-order valence-corrected chi connectivity index (χ0v) is 23.9. The van der Waals surface area contributed by atoms with E-state index >= 15 is 0 Å². The Hall–Kier alpha value is -1.27. The number of rotatable bonds is 20. The molecule has 0 atom stereocenters. The van der Waals surface area contributed by atoms with Gasteiger partial charge >= 0.3 is 0 Å². The fourth-order valence-electron chi connectivity index (χ4n) is 5.84. The Labute approximate surface area is 223 Å². The minimum Gasteiger partial charge on any atom is -0.109 e. The minimum atomic E-state index is -0.417. The van der Waals surface area contributed by atoms with Crippen LogP contribution in [0.4, 0.5) is 0 Å². The summed E-state index contributed by atoms with van der Waals surface area (Å²) in [6.07, 6.45) is 23.1. The van der Waals surface area contributed by atoms with Gasteiger partial charge in [0, 0.05) is 0 Å². The van der Waals surface area contributed by atoms with E-state index in [1.165, 1.54) is 114 Å². The number of alkyl halides is 1. The standard InChI is InChI=1S/C34H53Cl/c1-4-7-26-33(27-8-5-2,28-9-6-3)29-20-12-10-11-13-21-30-34(35,31-22-16-14-17-23-31)32-24-18-15-19-25-32/h14-19,22-25H,4-13,20-21,26-30H2,1-3H3. The molecule has 2 rings (SSSR count). The highest BCUT2D eigenvalue weighted by atomic mass is 35.5. The van der Waals surface area contributed by atoms with Gasteiger partial charge in [0.15, 0.2) is 0 Å². The molecule has 2 aromatic carbocycles. The lowest BCUT2D eigenvalue weighted by atomic mass is 9.71. The first-order valence-electron chi connectivity index (χ1n) is 14.9. The van der Waals surface area contributed by atoms with Crippen molar-refractivity contribution in [2.75, 3.05) is 0 Å². The van der Waals surface area contributed by atoms with Gasteiger partial charge in [0.05, 0.1) is 4.87 Å². The molecule has 0 saturated carbocycles. The summed E-state index contributed by atoms with van der Waals surface area (Å²) in [6, 6.07) is 21.3. The molecule has 196 valence electrons. The van der Waals surface area contributed by atoms with Crippen LogP contribution in [0.2, 0.25) is 0 Å². The molecule has 0 saturated heterocycles. The van der Waals surface area contributed by atoms with Gasteiger partial charge in [-0.1, -0.05) is 158 Å². The third-order valence-electron chi connectivity index (χ3n) is 8.12. The van der Waals surface area contributed by atoms with Crippen LogP contribution in [-0.2, 0) is 4.87 Å². The van der Waals surface area contributed by atoms with E-state index < -0.39 is 4.87 Å². The molecule has 0 unspecified atom stereocenters. The van der Waals surface area contributed by atoms with Crippen LogP contribution < -0.4 is 0 Å². The van der Waals surface area contributed by atoms with Crippen LogP contribution in [0.3, 0.4) is 0 Å². The maximum Gasteiger partial charge on any atom is 0.0944 e. The van der Waals surface area contributed by atoms with E-state index in [0.717, 1.165) is 6.42 Å². The van der Waals surface area contributed by atoms with Crippen LogP contribution in [0.15, 0.2) is 60.7 Å². The van der Waals surface area contributed by atoms with Gasteiger partial charge in [-0.25, -0.2) is 0 Å². The van der Waals surface area contributed by atoms with Gasteiger partial charge in [-0.05, 0) is 48.6 Å². The molecule has 0 aliphatic heterocycles. The fraction of sp³-hybridized carbons (Fsp3) is 0.647. The first-order chi connectivity index (χ1) is 17.1. The molecule has 0 N–H and O–H groups in total. The first kappa shape index (κ1) is 30.0. The molecular formula is C34H53Cl. The van der Waals surface area contributed by atoms with E-state index in [1.807, 2.05) is 0 Å². The van der Waals surface area contributed by atoms with Gasteiger partial charge in [0.1, 0.15) is 0 Å². The summed E-state index contributed by atoms with van der Waals surface area (Å²) in [4.78, 5) is -0.417. The van der Waals surface area contributed by atoms with Crippen molar-refractivity contribution in [3.63, 3.8) is 0 Å². The largest absolute Gasteiger partial charge is 0.109 e. The van der Waals surface area contributed by atoms with Crippen LogP contribution in [0, 0.1) is 5.41 Å². The van der Waals surface area contributed by atoms with Crippen molar-refractivity contribution in [3.05, 3.63) is 71.8 Å². The van der Waals surface area contributed by atoms with Gasteiger partial charge < -0.3 is 0 Å². The van der Waals surface area contributed by atoms with Crippen molar-refractivity contribution in [1.82, 2.24) is 0 Å². The quantitative estimate of drug-likeness (QED) is 0.126. The zero-order chi connectivity index (χ0) is 25.2. The van der Waals surface area contributed by atoms with Crippen molar-refractivity contribution in [1.29, 1.82) is 0 Å². The Kier molecular flexibility index (Phi) is 14.7. The maximum absolute atomic E-state index is 7.33. The average Bonchev–Trinajstić information content (AvgIpc) is 2.91. The van der Waals surface area contributed by atoms with Gasteiger partial charge in [-0.15, -0.1) is 11.6 Å². The van der Waals surface area contributed by atoms with E-state index in [9.17, 15) is 0 Å². The molecule has 35 heavy (non-hydrogen) atoms. The lowest BCUT2D eigenvalue weighted by molar-refractivity contribution is 0.175. The van der Waals surface area contributed by atoms with Crippen molar-refractivity contribution in [3.8, 4) is 0 Å². The summed E-state index contributed by atoms with van der Waals surface area (Å²) in [5, 5.41) is 0. The Bertz CT molecular complexity index is 689. The molecule has 0 radical (unpaired) electrons. The summed E-state index contributed by atoms with van der Waals surface area (Å²) >= 11 is 7.33. The molecule has 0 aromatic heterocycles. The minimum absolute atomic E-state index is 0.417. The summed E-state index contributed by atoms with van der Waals surface area (Å²) in [5.74, 6) is 0. The molecule has 0 nitrogen and oxygen atoms in total. The molecule has 0 spiro atoms. The van der Waals surface area contributed by atoms with Crippen LogP contribution in [0.1, 0.15) is 141 Å². The molecule has 2 aromatic rings. The van der Waals surface area contributed by atoms with Crippen LogP contribution in [0.25, 0.3) is 0 Å². The van der Waals surface area contributed by atoms with E-state index in [0.29, 0.717) is 5.41 Å². The normalized spacial score (nSPS) is 12.2. The SMILES string of the molecule is CCCCC(CCCC)(CCCC)CCCCCCCCC(Cl)(c1ccccc1)c1ccccc1.